The van der Waals surface area contributed by atoms with Crippen LogP contribution in [0.2, 0.25) is 0 Å². The van der Waals surface area contributed by atoms with E-state index < -0.39 is 0 Å². The lowest BCUT2D eigenvalue weighted by molar-refractivity contribution is -0.123. The minimum atomic E-state index is 0.0723. The van der Waals surface area contributed by atoms with Gasteiger partial charge in [-0.2, -0.15) is 0 Å². The van der Waals surface area contributed by atoms with Crippen molar-refractivity contribution in [1.82, 2.24) is 0 Å². The quantitative estimate of drug-likeness (QED) is 0.537. The first-order valence-electron chi connectivity index (χ1n) is 5.02. The topological polar surface area (TPSA) is 17.1 Å². The lowest BCUT2D eigenvalue weighted by Gasteiger charge is -2.37. The van der Waals surface area contributed by atoms with Crippen molar-refractivity contribution in [2.24, 2.45) is 22.2 Å². The van der Waals surface area contributed by atoms with Gasteiger partial charge in [-0.3, -0.25) is 4.79 Å². The molecule has 3 unspecified atom stereocenters. The summed E-state index contributed by atoms with van der Waals surface area (Å²) in [7, 11) is 0. The Morgan fingerprint density at radius 1 is 1.33 bits per heavy atom. The molecule has 12 heavy (non-hydrogen) atoms. The van der Waals surface area contributed by atoms with E-state index in [1.54, 1.807) is 0 Å². The van der Waals surface area contributed by atoms with Crippen LogP contribution in [0.5, 0.6) is 0 Å². The predicted molar refractivity (Wildman–Crippen MR) is 46.7 cm³/mol. The molecule has 0 aliphatic heterocycles. The Labute approximate surface area is 73.5 Å². The van der Waals surface area contributed by atoms with E-state index in [1.165, 1.54) is 12.8 Å². The van der Waals surface area contributed by atoms with Crippen molar-refractivity contribution in [2.45, 2.75) is 40.0 Å². The summed E-state index contributed by atoms with van der Waals surface area (Å²) >= 11 is 0. The Bertz CT molecular complexity index is 291. The molecular formula is C11H16O. The third kappa shape index (κ3) is 0.334. The number of carbonyl (C=O) groups excluding carboxylic acids is 1. The van der Waals surface area contributed by atoms with Crippen LogP contribution in [0.25, 0.3) is 0 Å². The summed E-state index contributed by atoms with van der Waals surface area (Å²) in [4.78, 5) is 11.8. The summed E-state index contributed by atoms with van der Waals surface area (Å²) < 4.78 is 0. The van der Waals surface area contributed by atoms with Crippen LogP contribution in [0, 0.1) is 22.2 Å². The first-order valence-corrected chi connectivity index (χ1v) is 5.02. The lowest BCUT2D eigenvalue weighted by Crippen LogP contribution is -2.30. The van der Waals surface area contributed by atoms with Crippen LogP contribution in [-0.2, 0) is 4.79 Å². The summed E-state index contributed by atoms with van der Waals surface area (Å²) in [6.45, 7) is 6.78. The van der Waals surface area contributed by atoms with Gasteiger partial charge >= 0.3 is 0 Å². The molecule has 3 aliphatic rings. The van der Waals surface area contributed by atoms with Crippen LogP contribution in [0.15, 0.2) is 0 Å². The summed E-state index contributed by atoms with van der Waals surface area (Å²) in [6, 6.07) is 0. The zero-order chi connectivity index (χ0) is 8.78. The van der Waals surface area contributed by atoms with Crippen LogP contribution >= 0.6 is 0 Å². The molecule has 0 amide bonds. The maximum Gasteiger partial charge on any atom is 0.140 e. The summed E-state index contributed by atoms with van der Waals surface area (Å²) in [5.41, 5.74) is 0.845. The largest absolute Gasteiger partial charge is 0.299 e. The third-order valence-corrected chi connectivity index (χ3v) is 5.77. The van der Waals surface area contributed by atoms with E-state index in [9.17, 15) is 4.79 Å². The standard InChI is InChI=1S/C11H16O/c1-9(2)10(3)8(12)6-7-4-5-11(7,9)10/h7H,4-6H2,1-3H3. The second kappa shape index (κ2) is 1.40. The molecule has 0 radical (unpaired) electrons. The zero-order valence-corrected chi connectivity index (χ0v) is 8.11. The maximum atomic E-state index is 11.8. The molecule has 0 aromatic carbocycles. The summed E-state index contributed by atoms with van der Waals surface area (Å²) in [5.74, 6) is 1.31. The second-order valence-corrected chi connectivity index (χ2v) is 5.58. The highest BCUT2D eigenvalue weighted by atomic mass is 16.1. The van der Waals surface area contributed by atoms with Crippen LogP contribution in [0.3, 0.4) is 0 Å². The van der Waals surface area contributed by atoms with E-state index in [0.29, 0.717) is 16.6 Å². The molecule has 1 nitrogen and oxygen atoms in total. The number of hydrogen-bond donors (Lipinski definition) is 0. The number of carbonyl (C=O) groups is 1. The molecule has 3 rings (SSSR count). The number of hydrogen-bond acceptors (Lipinski definition) is 1. The van der Waals surface area contributed by atoms with Crippen molar-refractivity contribution in [3.8, 4) is 0 Å². The monoisotopic (exact) mass is 164 g/mol. The van der Waals surface area contributed by atoms with E-state index in [0.717, 1.165) is 12.3 Å². The smallest absolute Gasteiger partial charge is 0.140 e. The Morgan fingerprint density at radius 3 is 2.25 bits per heavy atom. The highest BCUT2D eigenvalue weighted by Crippen LogP contribution is 2.91. The predicted octanol–water partition coefficient (Wildman–Crippen LogP) is 2.40. The molecule has 3 atom stereocenters. The van der Waals surface area contributed by atoms with Crippen molar-refractivity contribution in [1.29, 1.82) is 0 Å². The minimum absolute atomic E-state index is 0.0723. The Morgan fingerprint density at radius 2 is 2.00 bits per heavy atom. The number of Topliss-reactive ketones (excluding diaryl/α,β-unsaturated/α-hetero) is 1. The van der Waals surface area contributed by atoms with Gasteiger partial charge < -0.3 is 0 Å². The van der Waals surface area contributed by atoms with E-state index in [4.69, 9.17) is 0 Å². The molecule has 0 heterocycles. The Kier molecular flexibility index (Phi) is 0.831. The molecule has 0 saturated heterocycles. The van der Waals surface area contributed by atoms with Crippen LogP contribution < -0.4 is 0 Å². The number of ketones is 1. The first-order chi connectivity index (χ1) is 5.48. The molecule has 0 N–H and O–H groups in total. The molecule has 0 aromatic heterocycles. The van der Waals surface area contributed by atoms with Gasteiger partial charge in [-0.05, 0) is 29.6 Å². The molecular weight excluding hydrogens is 148 g/mol. The van der Waals surface area contributed by atoms with Gasteiger partial charge in [-0.1, -0.05) is 20.8 Å². The average Bonchev–Trinajstić information content (AvgIpc) is 2.30. The molecule has 66 valence electrons. The van der Waals surface area contributed by atoms with E-state index in [2.05, 4.69) is 20.8 Å². The molecule has 0 aromatic rings. The molecule has 1 heteroatoms. The summed E-state index contributed by atoms with van der Waals surface area (Å²) in [5, 5.41) is 0. The zero-order valence-electron chi connectivity index (χ0n) is 8.11. The van der Waals surface area contributed by atoms with Crippen molar-refractivity contribution in [3.63, 3.8) is 0 Å². The van der Waals surface area contributed by atoms with Crippen molar-refractivity contribution in [3.05, 3.63) is 0 Å². The fourth-order valence-electron chi connectivity index (χ4n) is 4.66. The Hall–Kier alpha value is -0.330. The van der Waals surface area contributed by atoms with E-state index in [-0.39, 0.29) is 5.41 Å². The molecule has 3 aliphatic carbocycles. The van der Waals surface area contributed by atoms with Crippen molar-refractivity contribution < 1.29 is 4.79 Å². The van der Waals surface area contributed by atoms with Gasteiger partial charge in [0.05, 0.1) is 0 Å². The van der Waals surface area contributed by atoms with Crippen LogP contribution in [0.4, 0.5) is 0 Å². The van der Waals surface area contributed by atoms with Gasteiger partial charge in [0.25, 0.3) is 0 Å². The SMILES string of the molecule is CC1(C)C2(C)C(=O)CC3CCC312. The highest BCUT2D eigenvalue weighted by Gasteiger charge is 2.89. The van der Waals surface area contributed by atoms with Crippen molar-refractivity contribution >= 4 is 5.78 Å². The highest BCUT2D eigenvalue weighted by molar-refractivity contribution is 5.95. The van der Waals surface area contributed by atoms with Crippen LogP contribution in [0.1, 0.15) is 40.0 Å². The first kappa shape index (κ1) is 7.11. The number of rotatable bonds is 0. The average molecular weight is 164 g/mol. The fourth-order valence-corrected chi connectivity index (χ4v) is 4.66. The van der Waals surface area contributed by atoms with Gasteiger partial charge in [0.15, 0.2) is 0 Å². The lowest BCUT2D eigenvalue weighted by atomic mass is 9.66. The third-order valence-electron chi connectivity index (χ3n) is 5.77. The van der Waals surface area contributed by atoms with Gasteiger partial charge in [0.1, 0.15) is 5.78 Å². The van der Waals surface area contributed by atoms with Crippen LogP contribution in [-0.4, -0.2) is 5.78 Å². The van der Waals surface area contributed by atoms with Gasteiger partial charge in [0.2, 0.25) is 0 Å². The fraction of sp³-hybridized carbons (Fsp3) is 0.909. The molecule has 0 bridgehead atoms. The Balaban J connectivity index is 2.17. The van der Waals surface area contributed by atoms with Crippen molar-refractivity contribution in [2.75, 3.05) is 0 Å². The normalized spacial score (nSPS) is 58.9. The van der Waals surface area contributed by atoms with Gasteiger partial charge in [-0.15, -0.1) is 0 Å². The molecule has 3 fully saturated rings. The maximum absolute atomic E-state index is 11.8. The van der Waals surface area contributed by atoms with E-state index in [1.807, 2.05) is 0 Å². The molecule has 3 saturated carbocycles. The second-order valence-electron chi connectivity index (χ2n) is 5.58. The molecule has 1 spiro atoms. The van der Waals surface area contributed by atoms with Gasteiger partial charge in [-0.25, -0.2) is 0 Å². The van der Waals surface area contributed by atoms with E-state index >= 15 is 0 Å². The van der Waals surface area contributed by atoms with Gasteiger partial charge in [0, 0.05) is 11.8 Å². The summed E-state index contributed by atoms with van der Waals surface area (Å²) in [6.07, 6.45) is 3.51. The minimum Gasteiger partial charge on any atom is -0.299 e.